The summed E-state index contributed by atoms with van der Waals surface area (Å²) < 4.78 is 0. The van der Waals surface area contributed by atoms with Crippen LogP contribution in [0.5, 0.6) is 0 Å². The van der Waals surface area contributed by atoms with Crippen molar-refractivity contribution in [3.05, 3.63) is 39.9 Å². The standard InChI is InChI=1S/C15H24N2O2/c1-4-14(5-2)12(3)16-11-10-13-6-8-15(9-7-13)17(18)19/h6-9,12,14,16H,4-5,10-11H2,1-3H3. The van der Waals surface area contributed by atoms with Crippen LogP contribution in [0, 0.1) is 16.0 Å². The molecule has 0 fully saturated rings. The molecule has 0 radical (unpaired) electrons. The van der Waals surface area contributed by atoms with Crippen molar-refractivity contribution in [1.29, 1.82) is 0 Å². The normalized spacial score (nSPS) is 12.6. The number of nitrogens with zero attached hydrogens (tertiary/aromatic N) is 1. The van der Waals surface area contributed by atoms with E-state index in [0.29, 0.717) is 6.04 Å². The Balaban J connectivity index is 2.38. The smallest absolute Gasteiger partial charge is 0.269 e. The fraction of sp³-hybridized carbons (Fsp3) is 0.600. The van der Waals surface area contributed by atoms with Crippen molar-refractivity contribution in [2.24, 2.45) is 5.92 Å². The zero-order chi connectivity index (χ0) is 14.3. The Labute approximate surface area is 115 Å². The van der Waals surface area contributed by atoms with Crippen molar-refractivity contribution in [2.45, 2.75) is 46.1 Å². The molecule has 0 amide bonds. The molecule has 0 bridgehead atoms. The molecule has 0 aliphatic rings. The lowest BCUT2D eigenvalue weighted by Gasteiger charge is -2.22. The molecule has 1 aromatic rings. The molecule has 1 aromatic carbocycles. The van der Waals surface area contributed by atoms with Crippen molar-refractivity contribution in [2.75, 3.05) is 6.54 Å². The number of hydrogen-bond donors (Lipinski definition) is 1. The van der Waals surface area contributed by atoms with Gasteiger partial charge in [-0.1, -0.05) is 38.8 Å². The first-order valence-electron chi connectivity index (χ1n) is 7.05. The number of rotatable bonds is 8. The van der Waals surface area contributed by atoms with Crippen molar-refractivity contribution in [3.8, 4) is 0 Å². The highest BCUT2D eigenvalue weighted by molar-refractivity contribution is 5.32. The highest BCUT2D eigenvalue weighted by atomic mass is 16.6. The molecule has 1 rings (SSSR count). The first-order valence-corrected chi connectivity index (χ1v) is 7.05. The van der Waals surface area contributed by atoms with Gasteiger partial charge in [-0.3, -0.25) is 10.1 Å². The van der Waals surface area contributed by atoms with Crippen LogP contribution in [0.25, 0.3) is 0 Å². The molecule has 19 heavy (non-hydrogen) atoms. The molecule has 4 nitrogen and oxygen atoms in total. The van der Waals surface area contributed by atoms with Crippen LogP contribution in [-0.2, 0) is 6.42 Å². The lowest BCUT2D eigenvalue weighted by Crippen LogP contribution is -2.34. The Hall–Kier alpha value is -1.42. The maximum atomic E-state index is 10.5. The molecule has 0 heterocycles. The monoisotopic (exact) mass is 264 g/mol. The molecule has 1 unspecified atom stereocenters. The second kappa shape index (κ2) is 7.89. The van der Waals surface area contributed by atoms with Gasteiger partial charge in [-0.25, -0.2) is 0 Å². The molecule has 1 N–H and O–H groups in total. The molecule has 0 saturated carbocycles. The largest absolute Gasteiger partial charge is 0.314 e. The molecule has 4 heteroatoms. The van der Waals surface area contributed by atoms with E-state index in [1.807, 2.05) is 12.1 Å². The zero-order valence-electron chi connectivity index (χ0n) is 12.1. The van der Waals surface area contributed by atoms with Gasteiger partial charge in [0.05, 0.1) is 4.92 Å². The van der Waals surface area contributed by atoms with E-state index in [1.54, 1.807) is 12.1 Å². The van der Waals surface area contributed by atoms with E-state index in [2.05, 4.69) is 26.1 Å². The van der Waals surface area contributed by atoms with Crippen molar-refractivity contribution >= 4 is 5.69 Å². The Morgan fingerprint density at radius 3 is 2.26 bits per heavy atom. The van der Waals surface area contributed by atoms with Crippen LogP contribution >= 0.6 is 0 Å². The summed E-state index contributed by atoms with van der Waals surface area (Å²) in [4.78, 5) is 10.2. The minimum Gasteiger partial charge on any atom is -0.314 e. The van der Waals surface area contributed by atoms with Crippen LogP contribution in [0.1, 0.15) is 39.2 Å². The zero-order valence-corrected chi connectivity index (χ0v) is 12.1. The molecule has 106 valence electrons. The van der Waals surface area contributed by atoms with Gasteiger partial charge in [0.2, 0.25) is 0 Å². The average Bonchev–Trinajstić information content (AvgIpc) is 2.40. The summed E-state index contributed by atoms with van der Waals surface area (Å²) in [6.45, 7) is 7.59. The number of nitrogens with one attached hydrogen (secondary N) is 1. The van der Waals surface area contributed by atoms with E-state index in [4.69, 9.17) is 0 Å². The van der Waals surface area contributed by atoms with Gasteiger partial charge < -0.3 is 5.32 Å². The van der Waals surface area contributed by atoms with Crippen molar-refractivity contribution in [3.63, 3.8) is 0 Å². The van der Waals surface area contributed by atoms with Crippen LogP contribution in [0.4, 0.5) is 5.69 Å². The number of non-ortho nitro benzene ring substituents is 1. The number of nitro groups is 1. The van der Waals surface area contributed by atoms with Gasteiger partial charge in [0.1, 0.15) is 0 Å². The minimum absolute atomic E-state index is 0.155. The third-order valence-electron chi connectivity index (χ3n) is 3.78. The second-order valence-corrected chi connectivity index (χ2v) is 4.99. The first-order chi connectivity index (χ1) is 9.08. The third-order valence-corrected chi connectivity index (χ3v) is 3.78. The van der Waals surface area contributed by atoms with E-state index in [1.165, 1.54) is 12.8 Å². The summed E-state index contributed by atoms with van der Waals surface area (Å²) in [6, 6.07) is 7.33. The molecule has 1 atom stereocenters. The van der Waals surface area contributed by atoms with Crippen LogP contribution in [-0.4, -0.2) is 17.5 Å². The third kappa shape index (κ3) is 4.99. The number of nitro benzene ring substituents is 1. The SMILES string of the molecule is CCC(CC)C(C)NCCc1ccc([N+](=O)[O-])cc1. The van der Waals surface area contributed by atoms with Gasteiger partial charge in [-0.2, -0.15) is 0 Å². The van der Waals surface area contributed by atoms with Crippen LogP contribution in [0.2, 0.25) is 0 Å². The molecular formula is C15H24N2O2. The summed E-state index contributed by atoms with van der Waals surface area (Å²) >= 11 is 0. The average molecular weight is 264 g/mol. The molecule has 0 aliphatic heterocycles. The Morgan fingerprint density at radius 1 is 1.21 bits per heavy atom. The van der Waals surface area contributed by atoms with Crippen molar-refractivity contribution in [1.82, 2.24) is 5.32 Å². The summed E-state index contributed by atoms with van der Waals surface area (Å²) in [6.07, 6.45) is 3.30. The van der Waals surface area contributed by atoms with Crippen molar-refractivity contribution < 1.29 is 4.92 Å². The van der Waals surface area contributed by atoms with Gasteiger partial charge in [0.25, 0.3) is 5.69 Å². The minimum atomic E-state index is -0.364. The van der Waals surface area contributed by atoms with E-state index in [9.17, 15) is 10.1 Å². The summed E-state index contributed by atoms with van der Waals surface area (Å²) in [5, 5.41) is 14.1. The summed E-state index contributed by atoms with van der Waals surface area (Å²) in [7, 11) is 0. The molecule has 0 spiro atoms. The van der Waals surface area contributed by atoms with Crippen LogP contribution < -0.4 is 5.32 Å². The summed E-state index contributed by atoms with van der Waals surface area (Å²) in [5.41, 5.74) is 1.29. The number of benzene rings is 1. The maximum Gasteiger partial charge on any atom is 0.269 e. The van der Waals surface area contributed by atoms with E-state index in [-0.39, 0.29) is 10.6 Å². The van der Waals surface area contributed by atoms with Gasteiger partial charge in [0.15, 0.2) is 0 Å². The molecular weight excluding hydrogens is 240 g/mol. The molecule has 0 aromatic heterocycles. The van der Waals surface area contributed by atoms with E-state index in [0.717, 1.165) is 24.4 Å². The lowest BCUT2D eigenvalue weighted by molar-refractivity contribution is -0.384. The molecule has 0 saturated heterocycles. The van der Waals surface area contributed by atoms with Gasteiger partial charge >= 0.3 is 0 Å². The molecule has 0 aliphatic carbocycles. The van der Waals surface area contributed by atoms with Gasteiger partial charge in [-0.05, 0) is 31.4 Å². The van der Waals surface area contributed by atoms with Gasteiger partial charge in [-0.15, -0.1) is 0 Å². The second-order valence-electron chi connectivity index (χ2n) is 4.99. The van der Waals surface area contributed by atoms with E-state index >= 15 is 0 Å². The highest BCUT2D eigenvalue weighted by Gasteiger charge is 2.12. The quantitative estimate of drug-likeness (QED) is 0.577. The maximum absolute atomic E-state index is 10.5. The topological polar surface area (TPSA) is 55.2 Å². The highest BCUT2D eigenvalue weighted by Crippen LogP contribution is 2.14. The predicted octanol–water partition coefficient (Wildman–Crippen LogP) is 3.55. The van der Waals surface area contributed by atoms with Gasteiger partial charge in [0, 0.05) is 18.2 Å². The van der Waals surface area contributed by atoms with Crippen LogP contribution in [0.3, 0.4) is 0 Å². The predicted molar refractivity (Wildman–Crippen MR) is 78.3 cm³/mol. The Morgan fingerprint density at radius 2 is 1.79 bits per heavy atom. The number of hydrogen-bond acceptors (Lipinski definition) is 3. The fourth-order valence-electron chi connectivity index (χ4n) is 2.39. The van der Waals surface area contributed by atoms with E-state index < -0.39 is 0 Å². The fourth-order valence-corrected chi connectivity index (χ4v) is 2.39. The van der Waals surface area contributed by atoms with Crippen LogP contribution in [0.15, 0.2) is 24.3 Å². The first kappa shape index (κ1) is 15.6. The summed E-state index contributed by atoms with van der Waals surface area (Å²) in [5.74, 6) is 0.719. The Bertz CT molecular complexity index is 386. The lowest BCUT2D eigenvalue weighted by atomic mass is 9.95. The Kier molecular flexibility index (Phi) is 6.50.